The summed E-state index contributed by atoms with van der Waals surface area (Å²) in [5, 5.41) is 17.3. The summed E-state index contributed by atoms with van der Waals surface area (Å²) in [4.78, 5) is 19.3. The first-order chi connectivity index (χ1) is 11.5. The lowest BCUT2D eigenvalue weighted by Crippen LogP contribution is -2.44. The standard InChI is InChI=1S/C15H13N5O3S.ClH/c16-15(5-2-6-15)14-18-12(23-19-14)11-8-24-13(17-11)9-3-1-4-10(7-9)20(21)22;/h1,3-4,7-8H,2,5-6,16H2;1H. The van der Waals surface area contributed by atoms with Crippen molar-refractivity contribution in [3.05, 3.63) is 45.6 Å². The maximum Gasteiger partial charge on any atom is 0.277 e. The van der Waals surface area contributed by atoms with Crippen molar-refractivity contribution < 1.29 is 9.45 Å². The number of aromatic nitrogens is 3. The molecule has 2 N–H and O–H groups in total. The molecular formula is C15H14ClN5O3S. The number of rotatable bonds is 4. The highest BCUT2D eigenvalue weighted by Gasteiger charge is 2.39. The van der Waals surface area contributed by atoms with Crippen molar-refractivity contribution in [2.45, 2.75) is 24.8 Å². The van der Waals surface area contributed by atoms with Crippen LogP contribution in [0.15, 0.2) is 34.2 Å². The van der Waals surface area contributed by atoms with E-state index >= 15 is 0 Å². The minimum Gasteiger partial charge on any atom is -0.332 e. The van der Waals surface area contributed by atoms with E-state index in [0.29, 0.717) is 28.0 Å². The predicted octanol–water partition coefficient (Wildman–Crippen LogP) is 3.53. The second-order valence-electron chi connectivity index (χ2n) is 5.78. The molecule has 1 aliphatic carbocycles. The van der Waals surface area contributed by atoms with Crippen LogP contribution in [0.25, 0.3) is 22.2 Å². The number of hydrogen-bond acceptors (Lipinski definition) is 8. The summed E-state index contributed by atoms with van der Waals surface area (Å²) in [5.41, 5.74) is 6.95. The van der Waals surface area contributed by atoms with Crippen molar-refractivity contribution in [3.8, 4) is 22.2 Å². The van der Waals surface area contributed by atoms with E-state index in [-0.39, 0.29) is 18.1 Å². The minimum atomic E-state index is -0.485. The zero-order valence-corrected chi connectivity index (χ0v) is 14.5. The highest BCUT2D eigenvalue weighted by Crippen LogP contribution is 2.38. The largest absolute Gasteiger partial charge is 0.332 e. The quantitative estimate of drug-likeness (QED) is 0.543. The van der Waals surface area contributed by atoms with Gasteiger partial charge in [-0.2, -0.15) is 4.98 Å². The molecule has 1 fully saturated rings. The van der Waals surface area contributed by atoms with Crippen LogP contribution >= 0.6 is 23.7 Å². The van der Waals surface area contributed by atoms with Gasteiger partial charge < -0.3 is 10.3 Å². The van der Waals surface area contributed by atoms with Crippen LogP contribution in [-0.2, 0) is 5.54 Å². The van der Waals surface area contributed by atoms with E-state index in [0.717, 1.165) is 19.3 Å². The smallest absolute Gasteiger partial charge is 0.277 e. The Morgan fingerprint density at radius 3 is 2.80 bits per heavy atom. The Kier molecular flexibility index (Phi) is 4.55. The lowest BCUT2D eigenvalue weighted by Gasteiger charge is -2.34. The first-order valence-electron chi connectivity index (χ1n) is 7.39. The number of nitrogens with two attached hydrogens (primary N) is 1. The van der Waals surface area contributed by atoms with E-state index in [1.807, 2.05) is 0 Å². The van der Waals surface area contributed by atoms with Gasteiger partial charge in [-0.25, -0.2) is 4.98 Å². The predicted molar refractivity (Wildman–Crippen MR) is 94.5 cm³/mol. The van der Waals surface area contributed by atoms with Gasteiger partial charge in [0.2, 0.25) is 0 Å². The van der Waals surface area contributed by atoms with Crippen molar-refractivity contribution in [1.82, 2.24) is 15.1 Å². The monoisotopic (exact) mass is 379 g/mol. The van der Waals surface area contributed by atoms with Gasteiger partial charge in [0.1, 0.15) is 10.7 Å². The fourth-order valence-electron chi connectivity index (χ4n) is 2.57. The molecule has 0 unspecified atom stereocenters. The third-order valence-electron chi connectivity index (χ3n) is 4.14. The van der Waals surface area contributed by atoms with E-state index < -0.39 is 10.5 Å². The zero-order chi connectivity index (χ0) is 16.7. The summed E-state index contributed by atoms with van der Waals surface area (Å²) < 4.78 is 5.28. The summed E-state index contributed by atoms with van der Waals surface area (Å²) in [6.45, 7) is 0. The zero-order valence-electron chi connectivity index (χ0n) is 12.9. The molecule has 25 heavy (non-hydrogen) atoms. The number of nitro groups is 1. The molecule has 0 spiro atoms. The Bertz CT molecular complexity index is 921. The van der Waals surface area contributed by atoms with E-state index in [2.05, 4.69) is 15.1 Å². The van der Waals surface area contributed by atoms with Crippen LogP contribution in [0.3, 0.4) is 0 Å². The Morgan fingerprint density at radius 1 is 1.32 bits per heavy atom. The average Bonchev–Trinajstić information content (AvgIpc) is 3.22. The Labute approximate surface area is 152 Å². The molecule has 8 nitrogen and oxygen atoms in total. The van der Waals surface area contributed by atoms with Gasteiger partial charge in [0.15, 0.2) is 5.82 Å². The van der Waals surface area contributed by atoms with Gasteiger partial charge in [0.25, 0.3) is 11.6 Å². The third kappa shape index (κ3) is 3.13. The Balaban J connectivity index is 0.00000182. The summed E-state index contributed by atoms with van der Waals surface area (Å²) in [6, 6.07) is 6.35. The molecule has 0 bridgehead atoms. The number of nitro benzene ring substituents is 1. The molecule has 10 heteroatoms. The van der Waals surface area contributed by atoms with Crippen LogP contribution in [0.4, 0.5) is 5.69 Å². The van der Waals surface area contributed by atoms with Crippen molar-refractivity contribution in [3.63, 3.8) is 0 Å². The molecule has 4 rings (SSSR count). The number of nitrogens with zero attached hydrogens (tertiary/aromatic N) is 4. The second-order valence-corrected chi connectivity index (χ2v) is 6.64. The number of halogens is 1. The highest BCUT2D eigenvalue weighted by molar-refractivity contribution is 7.13. The van der Waals surface area contributed by atoms with Crippen LogP contribution in [0.2, 0.25) is 0 Å². The molecule has 1 aromatic carbocycles. The van der Waals surface area contributed by atoms with Gasteiger partial charge in [0, 0.05) is 23.1 Å². The van der Waals surface area contributed by atoms with Crippen LogP contribution < -0.4 is 5.73 Å². The number of non-ortho nitro benzene ring substituents is 1. The molecule has 130 valence electrons. The Morgan fingerprint density at radius 2 is 2.12 bits per heavy atom. The van der Waals surface area contributed by atoms with Gasteiger partial charge in [-0.15, -0.1) is 23.7 Å². The van der Waals surface area contributed by atoms with Crippen molar-refractivity contribution in [2.24, 2.45) is 5.73 Å². The number of thiazole rings is 1. The van der Waals surface area contributed by atoms with Crippen molar-refractivity contribution in [1.29, 1.82) is 0 Å². The molecule has 0 saturated heterocycles. The van der Waals surface area contributed by atoms with Gasteiger partial charge in [-0.3, -0.25) is 10.1 Å². The summed E-state index contributed by atoms with van der Waals surface area (Å²) >= 11 is 1.36. The fraction of sp³-hybridized carbons (Fsp3) is 0.267. The first-order valence-corrected chi connectivity index (χ1v) is 8.27. The maximum absolute atomic E-state index is 10.9. The fourth-order valence-corrected chi connectivity index (χ4v) is 3.36. The third-order valence-corrected chi connectivity index (χ3v) is 5.04. The van der Waals surface area contributed by atoms with E-state index in [4.69, 9.17) is 10.3 Å². The molecule has 0 radical (unpaired) electrons. The normalized spacial score (nSPS) is 15.2. The molecule has 0 atom stereocenters. The van der Waals surface area contributed by atoms with Gasteiger partial charge in [0.05, 0.1) is 10.5 Å². The molecule has 1 saturated carbocycles. The Hall–Kier alpha value is -2.36. The average molecular weight is 380 g/mol. The van der Waals surface area contributed by atoms with Crippen LogP contribution in [0.1, 0.15) is 25.1 Å². The summed E-state index contributed by atoms with van der Waals surface area (Å²) in [6.07, 6.45) is 2.76. The van der Waals surface area contributed by atoms with Gasteiger partial charge in [-0.05, 0) is 19.3 Å². The molecule has 0 amide bonds. The van der Waals surface area contributed by atoms with Crippen LogP contribution in [0, 0.1) is 10.1 Å². The lowest BCUT2D eigenvalue weighted by atomic mass is 9.77. The van der Waals surface area contributed by atoms with E-state index in [9.17, 15) is 10.1 Å². The van der Waals surface area contributed by atoms with Crippen molar-refractivity contribution >= 4 is 29.4 Å². The first kappa shape index (κ1) is 17.5. The van der Waals surface area contributed by atoms with Crippen LogP contribution in [0.5, 0.6) is 0 Å². The topological polar surface area (TPSA) is 121 Å². The molecule has 2 aromatic heterocycles. The summed E-state index contributed by atoms with van der Waals surface area (Å²) in [7, 11) is 0. The number of hydrogen-bond donors (Lipinski definition) is 1. The lowest BCUT2D eigenvalue weighted by molar-refractivity contribution is -0.384. The highest BCUT2D eigenvalue weighted by atomic mass is 35.5. The van der Waals surface area contributed by atoms with E-state index in [1.165, 1.54) is 23.5 Å². The molecule has 3 aromatic rings. The van der Waals surface area contributed by atoms with Crippen molar-refractivity contribution in [2.75, 3.05) is 0 Å². The second kappa shape index (κ2) is 6.51. The molecule has 1 aliphatic rings. The maximum atomic E-state index is 10.9. The molecule has 2 heterocycles. The van der Waals surface area contributed by atoms with Gasteiger partial charge in [-0.1, -0.05) is 17.3 Å². The van der Waals surface area contributed by atoms with Gasteiger partial charge >= 0.3 is 0 Å². The summed E-state index contributed by atoms with van der Waals surface area (Å²) in [5.74, 6) is 0.823. The molecular weight excluding hydrogens is 366 g/mol. The SMILES string of the molecule is Cl.NC1(c2noc(-c3csc(-c4cccc([N+](=O)[O-])c4)n3)n2)CCC1. The van der Waals surface area contributed by atoms with Crippen LogP contribution in [-0.4, -0.2) is 20.0 Å². The molecule has 0 aliphatic heterocycles. The van der Waals surface area contributed by atoms with E-state index in [1.54, 1.807) is 17.5 Å². The number of benzene rings is 1. The minimum absolute atomic E-state index is 0.